The third kappa shape index (κ3) is 6.42. The Kier molecular flexibility index (Phi) is 9.70. The number of nitrogens with zero attached hydrogens (tertiary/aromatic N) is 5. The van der Waals surface area contributed by atoms with Gasteiger partial charge in [-0.25, -0.2) is 0 Å². The molecule has 364 valence electrons. The van der Waals surface area contributed by atoms with Crippen LogP contribution in [0.2, 0.25) is 0 Å². The van der Waals surface area contributed by atoms with E-state index in [-0.39, 0.29) is 0 Å². The summed E-state index contributed by atoms with van der Waals surface area (Å²) >= 11 is 0. The van der Waals surface area contributed by atoms with Gasteiger partial charge in [0.2, 0.25) is 0 Å². The largest absolute Gasteiger partial charge is 0.306 e. The number of nitriles is 2. The molecule has 0 saturated heterocycles. The third-order valence-electron chi connectivity index (χ3n) is 16.4. The van der Waals surface area contributed by atoms with Gasteiger partial charge in [0.05, 0.1) is 73.4 Å². The molecule has 3 heterocycles. The average Bonchev–Trinajstić information content (AvgIpc) is 4.11. The molecule has 0 aliphatic rings. The summed E-state index contributed by atoms with van der Waals surface area (Å²) in [6.07, 6.45) is 0. The van der Waals surface area contributed by atoms with Crippen molar-refractivity contribution in [2.24, 2.45) is 0 Å². The summed E-state index contributed by atoms with van der Waals surface area (Å²) in [4.78, 5) is 0. The van der Waals surface area contributed by atoms with Gasteiger partial charge >= 0.3 is 0 Å². The van der Waals surface area contributed by atoms with Gasteiger partial charge in [-0.1, -0.05) is 218 Å². The normalized spacial score (nSPS) is 11.8. The third-order valence-corrected chi connectivity index (χ3v) is 16.4. The zero-order valence-electron chi connectivity index (χ0n) is 42.6. The lowest BCUT2D eigenvalue weighted by Gasteiger charge is -2.31. The van der Waals surface area contributed by atoms with E-state index in [1.54, 1.807) is 0 Å². The first-order valence-electron chi connectivity index (χ1n) is 26.7. The Morgan fingerprint density at radius 2 is 0.532 bits per heavy atom. The van der Waals surface area contributed by atoms with Crippen LogP contribution in [0.15, 0.2) is 261 Å². The summed E-state index contributed by atoms with van der Waals surface area (Å²) in [6, 6.07) is 98.7. The Labute approximate surface area is 454 Å². The lowest BCUT2D eigenvalue weighted by molar-refractivity contribution is 1.06. The van der Waals surface area contributed by atoms with Gasteiger partial charge < -0.3 is 13.7 Å². The van der Waals surface area contributed by atoms with E-state index in [1.165, 1.54) is 0 Å². The second kappa shape index (κ2) is 17.3. The van der Waals surface area contributed by atoms with Crippen LogP contribution in [0.3, 0.4) is 0 Å². The number of fused-ring (bicyclic) bond motifs is 15. The number of rotatable bonds is 6. The first-order chi connectivity index (χ1) is 39.2. The van der Waals surface area contributed by atoms with Crippen molar-refractivity contribution in [2.75, 3.05) is 0 Å². The molecule has 0 atom stereocenters. The van der Waals surface area contributed by atoms with Crippen molar-refractivity contribution in [3.8, 4) is 62.6 Å². The van der Waals surface area contributed by atoms with E-state index in [4.69, 9.17) is 0 Å². The van der Waals surface area contributed by atoms with Crippen molar-refractivity contribution in [1.29, 1.82) is 10.5 Å². The molecule has 0 radical (unpaired) electrons. The Bertz CT molecular complexity index is 5080. The summed E-state index contributed by atoms with van der Waals surface area (Å²) in [5, 5.41) is 34.5. The minimum absolute atomic E-state index is 0.574. The van der Waals surface area contributed by atoms with Gasteiger partial charge in [0.15, 0.2) is 0 Å². The van der Waals surface area contributed by atoms with Crippen LogP contribution in [-0.4, -0.2) is 13.7 Å². The zero-order chi connectivity index (χ0) is 52.3. The van der Waals surface area contributed by atoms with Crippen LogP contribution < -0.4 is 0 Å². The van der Waals surface area contributed by atoms with Crippen molar-refractivity contribution in [2.45, 2.75) is 0 Å². The van der Waals surface area contributed by atoms with E-state index in [0.29, 0.717) is 11.1 Å². The number of hydrogen-bond donors (Lipinski definition) is 0. The predicted octanol–water partition coefficient (Wildman–Crippen LogP) is 19.2. The van der Waals surface area contributed by atoms with Crippen molar-refractivity contribution in [1.82, 2.24) is 13.7 Å². The van der Waals surface area contributed by atoms with E-state index < -0.39 is 0 Å². The molecule has 0 aliphatic carbocycles. The summed E-state index contributed by atoms with van der Waals surface area (Å²) in [5.41, 5.74) is 16.4. The number of benzene rings is 13. The quantitative estimate of drug-likeness (QED) is 0.167. The highest BCUT2D eigenvalue weighted by Gasteiger charge is 2.35. The van der Waals surface area contributed by atoms with Gasteiger partial charge in [0.1, 0.15) is 0 Å². The second-order valence-corrected chi connectivity index (χ2v) is 20.5. The molecule has 5 nitrogen and oxygen atoms in total. The molecule has 0 aliphatic heterocycles. The molecule has 0 spiro atoms. The molecule has 3 aromatic heterocycles. The lowest BCUT2D eigenvalue weighted by Crippen LogP contribution is -2.14. The SMILES string of the molecule is N#Cc1ccc(-c2c(-c3ccccc3)c(-c3ccc(C#N)cc3)c(-n3c4ccccc4c4ccc5ccccc5c43)c(-n3c4ccccc4c4ccc5ccccc5c43)c2-n2c3ccccc3c3ccc4ccccc4c32)cc1. The van der Waals surface area contributed by atoms with Crippen LogP contribution in [0.4, 0.5) is 0 Å². The second-order valence-electron chi connectivity index (χ2n) is 20.5. The van der Waals surface area contributed by atoms with Crippen molar-refractivity contribution in [3.63, 3.8) is 0 Å². The molecular weight excluding hydrogens is 959 g/mol. The van der Waals surface area contributed by atoms with Gasteiger partial charge in [0, 0.05) is 65.2 Å². The predicted molar refractivity (Wildman–Crippen MR) is 328 cm³/mol. The standard InChI is InChI=1S/C74H43N5/c75-44-46-30-34-52(35-31-46)67-66(51-19-2-1-3-20-51)68(53-36-32-47(45-76)33-37-53)73(78-64-28-14-11-25-58(64)61-42-39-49-17-5-8-22-55(49)70(61)78)74(79-65-29-15-12-26-59(65)62-43-40-50-18-6-9-23-56(50)71(62)79)72(67)77-63-27-13-10-24-57(63)60-41-38-48-16-4-7-21-54(48)69(60)77/h1-43H. The fourth-order valence-electron chi connectivity index (χ4n) is 13.1. The monoisotopic (exact) mass is 1000 g/mol. The first kappa shape index (κ1) is 44.3. The maximum absolute atomic E-state index is 10.5. The van der Waals surface area contributed by atoms with Gasteiger partial charge in [-0.3, -0.25) is 0 Å². The van der Waals surface area contributed by atoms with E-state index in [2.05, 4.69) is 262 Å². The maximum Gasteiger partial charge on any atom is 0.0991 e. The molecule has 0 N–H and O–H groups in total. The van der Waals surface area contributed by atoms with Crippen molar-refractivity contribution in [3.05, 3.63) is 272 Å². The molecule has 0 saturated carbocycles. The smallest absolute Gasteiger partial charge is 0.0991 e. The van der Waals surface area contributed by atoms with Crippen LogP contribution in [0.1, 0.15) is 11.1 Å². The van der Waals surface area contributed by atoms with Gasteiger partial charge in [-0.15, -0.1) is 0 Å². The molecule has 5 heteroatoms. The van der Waals surface area contributed by atoms with Gasteiger partial charge in [-0.05, 0) is 75.3 Å². The molecule has 16 rings (SSSR count). The molecule has 13 aromatic carbocycles. The molecule has 79 heavy (non-hydrogen) atoms. The van der Waals surface area contributed by atoms with Crippen LogP contribution in [-0.2, 0) is 0 Å². The van der Waals surface area contributed by atoms with Crippen LogP contribution in [0.5, 0.6) is 0 Å². The molecule has 0 unspecified atom stereocenters. The fraction of sp³-hybridized carbons (Fsp3) is 0. The van der Waals surface area contributed by atoms with Crippen LogP contribution >= 0.6 is 0 Å². The molecule has 16 aromatic rings. The van der Waals surface area contributed by atoms with E-state index in [9.17, 15) is 10.5 Å². The van der Waals surface area contributed by atoms with Gasteiger partial charge in [0.25, 0.3) is 0 Å². The highest BCUT2D eigenvalue weighted by atomic mass is 15.1. The maximum atomic E-state index is 10.5. The summed E-state index contributed by atoms with van der Waals surface area (Å²) in [5.74, 6) is 0. The van der Waals surface area contributed by atoms with Crippen LogP contribution in [0, 0.1) is 22.7 Å². The summed E-state index contributed by atoms with van der Waals surface area (Å²) in [6.45, 7) is 0. The molecule has 0 amide bonds. The van der Waals surface area contributed by atoms with E-state index >= 15 is 0 Å². The van der Waals surface area contributed by atoms with E-state index in [0.717, 1.165) is 148 Å². The highest BCUT2D eigenvalue weighted by molar-refractivity contribution is 6.25. The number of hydrogen-bond acceptors (Lipinski definition) is 2. The highest BCUT2D eigenvalue weighted by Crippen LogP contribution is 2.56. The lowest BCUT2D eigenvalue weighted by atomic mass is 9.83. The Morgan fingerprint density at radius 3 is 0.899 bits per heavy atom. The Morgan fingerprint density at radius 1 is 0.228 bits per heavy atom. The zero-order valence-corrected chi connectivity index (χ0v) is 42.6. The minimum Gasteiger partial charge on any atom is -0.306 e. The van der Waals surface area contributed by atoms with Crippen molar-refractivity contribution < 1.29 is 0 Å². The van der Waals surface area contributed by atoms with Gasteiger partial charge in [-0.2, -0.15) is 10.5 Å². The first-order valence-corrected chi connectivity index (χ1v) is 26.7. The van der Waals surface area contributed by atoms with Crippen molar-refractivity contribution >= 4 is 97.7 Å². The topological polar surface area (TPSA) is 62.4 Å². The fourth-order valence-corrected chi connectivity index (χ4v) is 13.1. The number of aromatic nitrogens is 3. The Balaban J connectivity index is 1.32. The molecule has 0 fully saturated rings. The summed E-state index contributed by atoms with van der Waals surface area (Å²) in [7, 11) is 0. The average molecular weight is 1000 g/mol. The Hall–Kier alpha value is -11.0. The molecule has 0 bridgehead atoms. The molecular formula is C74H43N5. The van der Waals surface area contributed by atoms with Crippen LogP contribution in [0.25, 0.3) is 148 Å². The minimum atomic E-state index is 0.574. The number of para-hydroxylation sites is 3. The summed E-state index contributed by atoms with van der Waals surface area (Å²) < 4.78 is 7.74. The van der Waals surface area contributed by atoms with E-state index in [1.807, 2.05) is 24.3 Å².